The first-order valence-electron chi connectivity index (χ1n) is 4.48. The van der Waals surface area contributed by atoms with Crippen LogP contribution in [0.5, 0.6) is 11.5 Å². The van der Waals surface area contributed by atoms with Gasteiger partial charge in [0.1, 0.15) is 5.75 Å². The monoisotopic (exact) mass is 214 g/mol. The number of hydrogen-bond acceptors (Lipinski definition) is 4. The Bertz CT molecular complexity index is 302. The number of hydrogen-bond donors (Lipinski definition) is 2. The first kappa shape index (κ1) is 11.8. The van der Waals surface area contributed by atoms with Gasteiger partial charge in [-0.3, -0.25) is 0 Å². The zero-order valence-electron chi connectivity index (χ0n) is 8.48. The SMILES string of the molecule is CC(C)Oc1cccc(OB(O)O)c1F. The molecule has 0 fully saturated rings. The topological polar surface area (TPSA) is 58.9 Å². The summed E-state index contributed by atoms with van der Waals surface area (Å²) in [4.78, 5) is 0. The lowest BCUT2D eigenvalue weighted by Gasteiger charge is -2.13. The van der Waals surface area contributed by atoms with E-state index >= 15 is 0 Å². The number of benzene rings is 1. The van der Waals surface area contributed by atoms with E-state index in [2.05, 4.69) is 4.65 Å². The number of halogens is 1. The molecule has 0 unspecified atom stereocenters. The summed E-state index contributed by atoms with van der Waals surface area (Å²) < 4.78 is 23.1. The van der Waals surface area contributed by atoms with Crippen LogP contribution in [0.15, 0.2) is 18.2 Å². The summed E-state index contributed by atoms with van der Waals surface area (Å²) in [5.74, 6) is -0.995. The van der Waals surface area contributed by atoms with Crippen LogP contribution in [0.25, 0.3) is 0 Å². The standard InChI is InChI=1S/C9H12BFO4/c1-6(2)14-7-4-3-5-8(9(7)11)15-10(12)13/h3-6,12-13H,1-2H3. The van der Waals surface area contributed by atoms with E-state index in [1.807, 2.05) is 0 Å². The maximum Gasteiger partial charge on any atom is 0.707 e. The molecule has 0 aliphatic heterocycles. The molecule has 15 heavy (non-hydrogen) atoms. The molecule has 0 saturated heterocycles. The molecule has 0 aliphatic rings. The molecule has 0 heterocycles. The minimum absolute atomic E-state index is 0.0168. The summed E-state index contributed by atoms with van der Waals surface area (Å²) in [6.45, 7) is 3.52. The summed E-state index contributed by atoms with van der Waals surface area (Å²) in [5, 5.41) is 17.1. The van der Waals surface area contributed by atoms with Gasteiger partial charge in [-0.15, -0.1) is 0 Å². The second kappa shape index (κ2) is 5.00. The molecular formula is C9H12BFO4. The van der Waals surface area contributed by atoms with Crippen LogP contribution in [0.2, 0.25) is 0 Å². The molecule has 0 amide bonds. The van der Waals surface area contributed by atoms with Crippen LogP contribution >= 0.6 is 0 Å². The zero-order valence-corrected chi connectivity index (χ0v) is 8.48. The molecule has 0 radical (unpaired) electrons. The maximum absolute atomic E-state index is 13.5. The van der Waals surface area contributed by atoms with Crippen molar-refractivity contribution in [2.45, 2.75) is 20.0 Å². The average Bonchev–Trinajstić information content (AvgIpc) is 2.10. The fourth-order valence-electron chi connectivity index (χ4n) is 1.04. The zero-order chi connectivity index (χ0) is 11.4. The maximum atomic E-state index is 13.5. The van der Waals surface area contributed by atoms with Crippen molar-refractivity contribution in [1.29, 1.82) is 0 Å². The molecule has 82 valence electrons. The molecule has 0 spiro atoms. The molecule has 4 nitrogen and oxygen atoms in total. The minimum Gasteiger partial charge on any atom is -0.509 e. The summed E-state index contributed by atoms with van der Waals surface area (Å²) in [6, 6.07) is 4.21. The molecule has 1 aromatic rings. The van der Waals surface area contributed by atoms with Gasteiger partial charge in [-0.1, -0.05) is 6.07 Å². The Balaban J connectivity index is 2.90. The van der Waals surface area contributed by atoms with Crippen molar-refractivity contribution in [2.24, 2.45) is 0 Å². The van der Waals surface area contributed by atoms with Gasteiger partial charge < -0.3 is 19.4 Å². The molecule has 1 aromatic carbocycles. The Morgan fingerprint density at radius 3 is 2.40 bits per heavy atom. The lowest BCUT2D eigenvalue weighted by molar-refractivity contribution is 0.226. The highest BCUT2D eigenvalue weighted by molar-refractivity contribution is 6.33. The molecule has 0 aliphatic carbocycles. The second-order valence-corrected chi connectivity index (χ2v) is 3.18. The van der Waals surface area contributed by atoms with Crippen molar-refractivity contribution in [2.75, 3.05) is 0 Å². The van der Waals surface area contributed by atoms with Gasteiger partial charge in [0.25, 0.3) is 0 Å². The van der Waals surface area contributed by atoms with Crippen LogP contribution in [-0.4, -0.2) is 23.5 Å². The summed E-state index contributed by atoms with van der Waals surface area (Å²) in [5.41, 5.74) is 0. The van der Waals surface area contributed by atoms with Crippen molar-refractivity contribution in [3.8, 4) is 11.5 Å². The highest BCUT2D eigenvalue weighted by Crippen LogP contribution is 2.27. The van der Waals surface area contributed by atoms with E-state index in [1.54, 1.807) is 13.8 Å². The lowest BCUT2D eigenvalue weighted by Crippen LogP contribution is -2.21. The van der Waals surface area contributed by atoms with E-state index in [1.165, 1.54) is 18.2 Å². The van der Waals surface area contributed by atoms with Crippen LogP contribution in [0, 0.1) is 5.82 Å². The first-order chi connectivity index (χ1) is 7.00. The fourth-order valence-corrected chi connectivity index (χ4v) is 1.04. The Labute approximate surface area is 87.4 Å². The fraction of sp³-hybridized carbons (Fsp3) is 0.333. The normalized spacial score (nSPS) is 10.3. The summed E-state index contributed by atoms with van der Waals surface area (Å²) in [7, 11) is -2.05. The quantitative estimate of drug-likeness (QED) is 0.733. The van der Waals surface area contributed by atoms with Crippen LogP contribution in [0.1, 0.15) is 13.8 Å². The van der Waals surface area contributed by atoms with Crippen molar-refractivity contribution in [3.63, 3.8) is 0 Å². The number of ether oxygens (including phenoxy) is 1. The Morgan fingerprint density at radius 1 is 1.27 bits per heavy atom. The van der Waals surface area contributed by atoms with Crippen LogP contribution in [-0.2, 0) is 0 Å². The third-order valence-corrected chi connectivity index (χ3v) is 1.52. The van der Waals surface area contributed by atoms with E-state index in [0.717, 1.165) is 0 Å². The summed E-state index contributed by atoms with van der Waals surface area (Å²) in [6.07, 6.45) is -0.172. The molecule has 2 N–H and O–H groups in total. The largest absolute Gasteiger partial charge is 0.707 e. The van der Waals surface area contributed by atoms with Gasteiger partial charge in [-0.05, 0) is 26.0 Å². The van der Waals surface area contributed by atoms with E-state index < -0.39 is 13.1 Å². The van der Waals surface area contributed by atoms with Gasteiger partial charge in [0.05, 0.1) is 6.10 Å². The van der Waals surface area contributed by atoms with E-state index in [0.29, 0.717) is 0 Å². The van der Waals surface area contributed by atoms with E-state index in [9.17, 15) is 4.39 Å². The average molecular weight is 214 g/mol. The van der Waals surface area contributed by atoms with Gasteiger partial charge in [0.15, 0.2) is 5.75 Å². The van der Waals surface area contributed by atoms with Crippen LogP contribution in [0.3, 0.4) is 0 Å². The van der Waals surface area contributed by atoms with E-state index in [-0.39, 0.29) is 17.6 Å². The highest BCUT2D eigenvalue weighted by Gasteiger charge is 2.17. The first-order valence-corrected chi connectivity index (χ1v) is 4.48. The van der Waals surface area contributed by atoms with E-state index in [4.69, 9.17) is 14.8 Å². The molecular weight excluding hydrogens is 202 g/mol. The molecule has 0 atom stereocenters. The third-order valence-electron chi connectivity index (χ3n) is 1.52. The summed E-state index contributed by atoms with van der Waals surface area (Å²) >= 11 is 0. The minimum atomic E-state index is -2.05. The van der Waals surface area contributed by atoms with Crippen molar-refractivity contribution < 1.29 is 23.8 Å². The molecule has 0 bridgehead atoms. The van der Waals surface area contributed by atoms with Crippen molar-refractivity contribution in [1.82, 2.24) is 0 Å². The second-order valence-electron chi connectivity index (χ2n) is 3.18. The highest BCUT2D eigenvalue weighted by atomic mass is 19.1. The van der Waals surface area contributed by atoms with Crippen molar-refractivity contribution in [3.05, 3.63) is 24.0 Å². The Morgan fingerprint density at radius 2 is 1.87 bits per heavy atom. The molecule has 6 heteroatoms. The van der Waals surface area contributed by atoms with Gasteiger partial charge in [-0.25, -0.2) is 0 Å². The predicted octanol–water partition coefficient (Wildman–Crippen LogP) is 0.961. The van der Waals surface area contributed by atoms with Gasteiger partial charge >= 0.3 is 7.32 Å². The van der Waals surface area contributed by atoms with Gasteiger partial charge in [-0.2, -0.15) is 4.39 Å². The molecule has 0 saturated carbocycles. The van der Waals surface area contributed by atoms with Crippen LogP contribution < -0.4 is 9.39 Å². The lowest BCUT2D eigenvalue weighted by atomic mass is 10.2. The van der Waals surface area contributed by atoms with Crippen LogP contribution in [0.4, 0.5) is 4.39 Å². The number of rotatable bonds is 4. The Hall–Kier alpha value is -1.27. The molecule has 0 aromatic heterocycles. The van der Waals surface area contributed by atoms with Gasteiger partial charge in [0.2, 0.25) is 5.82 Å². The Kier molecular flexibility index (Phi) is 3.93. The molecule has 1 rings (SSSR count). The smallest absolute Gasteiger partial charge is 0.509 e. The predicted molar refractivity (Wildman–Crippen MR) is 53.0 cm³/mol. The third kappa shape index (κ3) is 3.41. The van der Waals surface area contributed by atoms with Crippen molar-refractivity contribution >= 4 is 7.32 Å². The van der Waals surface area contributed by atoms with Gasteiger partial charge in [0, 0.05) is 0 Å².